The molecule has 2 heterocycles. The van der Waals surface area contributed by atoms with E-state index in [-0.39, 0.29) is 0 Å². The van der Waals surface area contributed by atoms with E-state index in [1.54, 1.807) is 45.9 Å². The Morgan fingerprint density at radius 3 is 1.31 bits per heavy atom. The normalized spacial score (nSPS) is 10.2. The van der Waals surface area contributed by atoms with Crippen LogP contribution in [0.5, 0.6) is 0 Å². The summed E-state index contributed by atoms with van der Waals surface area (Å²) in [6.07, 6.45) is 5.83. The molecule has 0 aliphatic rings. The summed E-state index contributed by atoms with van der Waals surface area (Å²) in [6.45, 7) is 0. The third-order valence-electron chi connectivity index (χ3n) is 1.78. The largest absolute Gasteiger partial charge is 0.619 e. The number of pyridine rings is 2. The van der Waals surface area contributed by atoms with Crippen LogP contribution in [0.3, 0.4) is 0 Å². The van der Waals surface area contributed by atoms with Crippen molar-refractivity contribution in [2.45, 2.75) is 9.79 Å². The minimum absolute atomic E-state index is 0.748. The third kappa shape index (κ3) is 3.04. The lowest BCUT2D eigenvalue weighted by molar-refractivity contribution is -0.605. The van der Waals surface area contributed by atoms with Crippen LogP contribution in [0.25, 0.3) is 0 Å². The van der Waals surface area contributed by atoms with Gasteiger partial charge in [0, 0.05) is 34.1 Å². The molecule has 0 aliphatic heterocycles. The molecule has 0 spiro atoms. The fourth-order valence-corrected chi connectivity index (χ4v) is 2.91. The summed E-state index contributed by atoms with van der Waals surface area (Å²) in [5.74, 6) is 0. The maximum absolute atomic E-state index is 10.8. The van der Waals surface area contributed by atoms with E-state index >= 15 is 0 Å². The topological polar surface area (TPSA) is 53.9 Å². The van der Waals surface area contributed by atoms with E-state index in [0.29, 0.717) is 0 Å². The standard InChI is InChI=1S/C10H8N2O2S2/c13-11-5-1-9(2-6-11)15-16-10-3-7-12(14)8-4-10/h1-8H. The Balaban J connectivity index is 1.97. The average molecular weight is 252 g/mol. The molecule has 6 heteroatoms. The van der Waals surface area contributed by atoms with Gasteiger partial charge in [-0.25, -0.2) is 0 Å². The first kappa shape index (κ1) is 11.1. The molecule has 4 nitrogen and oxygen atoms in total. The van der Waals surface area contributed by atoms with Gasteiger partial charge in [-0.1, -0.05) is 21.6 Å². The van der Waals surface area contributed by atoms with Gasteiger partial charge in [0.1, 0.15) is 0 Å². The molecule has 0 fully saturated rings. The summed E-state index contributed by atoms with van der Waals surface area (Å²) in [5, 5.41) is 21.6. The monoisotopic (exact) mass is 252 g/mol. The SMILES string of the molecule is [O-][n+]1ccc(SSc2cc[n+]([O-])cc2)cc1. The van der Waals surface area contributed by atoms with Crippen molar-refractivity contribution in [3.05, 3.63) is 59.5 Å². The van der Waals surface area contributed by atoms with Crippen molar-refractivity contribution in [3.8, 4) is 0 Å². The number of rotatable bonds is 3. The fourth-order valence-electron chi connectivity index (χ4n) is 1.01. The molecule has 2 rings (SSSR count). The van der Waals surface area contributed by atoms with Gasteiger partial charge in [-0.3, -0.25) is 0 Å². The maximum Gasteiger partial charge on any atom is 0.181 e. The van der Waals surface area contributed by atoms with E-state index < -0.39 is 0 Å². The summed E-state index contributed by atoms with van der Waals surface area (Å²) in [7, 11) is 3.08. The van der Waals surface area contributed by atoms with Crippen molar-refractivity contribution in [2.75, 3.05) is 0 Å². The van der Waals surface area contributed by atoms with Crippen molar-refractivity contribution in [1.82, 2.24) is 0 Å². The predicted molar refractivity (Wildman–Crippen MR) is 62.5 cm³/mol. The zero-order valence-electron chi connectivity index (χ0n) is 8.15. The molecule has 0 atom stereocenters. The van der Waals surface area contributed by atoms with Crippen LogP contribution in [-0.2, 0) is 0 Å². The van der Waals surface area contributed by atoms with Crippen LogP contribution in [0.4, 0.5) is 0 Å². The summed E-state index contributed by atoms with van der Waals surface area (Å²) >= 11 is 0. The Morgan fingerprint density at radius 2 is 1.00 bits per heavy atom. The quantitative estimate of drug-likeness (QED) is 0.474. The third-order valence-corrected chi connectivity index (χ3v) is 4.19. The highest BCUT2D eigenvalue weighted by Gasteiger charge is 2.00. The highest BCUT2D eigenvalue weighted by Crippen LogP contribution is 2.36. The number of aromatic nitrogens is 2. The van der Waals surface area contributed by atoms with Crippen LogP contribution in [0, 0.1) is 10.4 Å². The molecule has 0 saturated carbocycles. The lowest BCUT2D eigenvalue weighted by Crippen LogP contribution is -2.23. The first-order valence-electron chi connectivity index (χ1n) is 4.46. The van der Waals surface area contributed by atoms with Crippen LogP contribution >= 0.6 is 21.6 Å². The average Bonchev–Trinajstić information content (AvgIpc) is 2.30. The smallest absolute Gasteiger partial charge is 0.181 e. The number of nitrogens with zero attached hydrogens (tertiary/aromatic N) is 2. The van der Waals surface area contributed by atoms with Gasteiger partial charge < -0.3 is 10.4 Å². The summed E-state index contributed by atoms with van der Waals surface area (Å²) in [5.41, 5.74) is 0. The molecule has 0 amide bonds. The van der Waals surface area contributed by atoms with E-state index in [1.165, 1.54) is 24.8 Å². The van der Waals surface area contributed by atoms with Crippen LogP contribution in [0.1, 0.15) is 0 Å². The van der Waals surface area contributed by atoms with Crippen molar-refractivity contribution in [2.24, 2.45) is 0 Å². The molecule has 2 aromatic heterocycles. The Kier molecular flexibility index (Phi) is 3.53. The van der Waals surface area contributed by atoms with Crippen LogP contribution < -0.4 is 9.46 Å². The van der Waals surface area contributed by atoms with Crippen LogP contribution in [-0.4, -0.2) is 0 Å². The Hall–Kier alpha value is -1.40. The molecule has 0 N–H and O–H groups in total. The maximum atomic E-state index is 10.8. The molecule has 0 saturated heterocycles. The molecule has 0 bridgehead atoms. The molecule has 16 heavy (non-hydrogen) atoms. The lowest BCUT2D eigenvalue weighted by atomic mass is 10.5. The van der Waals surface area contributed by atoms with Crippen molar-refractivity contribution < 1.29 is 9.46 Å². The zero-order valence-corrected chi connectivity index (χ0v) is 9.78. The molecule has 0 unspecified atom stereocenters. The van der Waals surface area contributed by atoms with Crippen molar-refractivity contribution in [3.63, 3.8) is 0 Å². The van der Waals surface area contributed by atoms with Crippen LogP contribution in [0.15, 0.2) is 58.8 Å². The van der Waals surface area contributed by atoms with Crippen molar-refractivity contribution in [1.29, 1.82) is 0 Å². The molecule has 82 valence electrons. The Labute approximate surface area is 100 Å². The Bertz CT molecular complexity index is 414. The van der Waals surface area contributed by atoms with Gasteiger partial charge in [0.05, 0.1) is 0 Å². The lowest BCUT2D eigenvalue weighted by Gasteiger charge is -2.01. The zero-order chi connectivity index (χ0) is 11.4. The highest BCUT2D eigenvalue weighted by atomic mass is 33.1. The molecule has 0 aliphatic carbocycles. The van der Waals surface area contributed by atoms with Crippen molar-refractivity contribution >= 4 is 21.6 Å². The van der Waals surface area contributed by atoms with Gasteiger partial charge in [-0.05, 0) is 0 Å². The summed E-state index contributed by atoms with van der Waals surface area (Å²) in [6, 6.07) is 7.01. The molecule has 0 radical (unpaired) electrons. The number of hydrogen-bond donors (Lipinski definition) is 0. The van der Waals surface area contributed by atoms with E-state index in [9.17, 15) is 10.4 Å². The van der Waals surface area contributed by atoms with E-state index in [4.69, 9.17) is 0 Å². The van der Waals surface area contributed by atoms with E-state index in [1.807, 2.05) is 0 Å². The summed E-state index contributed by atoms with van der Waals surface area (Å²) in [4.78, 5) is 1.99. The first-order chi connectivity index (χ1) is 7.74. The van der Waals surface area contributed by atoms with Gasteiger partial charge in [0.2, 0.25) is 0 Å². The number of hydrogen-bond acceptors (Lipinski definition) is 4. The second-order valence-corrected chi connectivity index (χ2v) is 5.23. The first-order valence-corrected chi connectivity index (χ1v) is 6.61. The second kappa shape index (κ2) is 5.09. The van der Waals surface area contributed by atoms with E-state index in [0.717, 1.165) is 19.3 Å². The minimum Gasteiger partial charge on any atom is -0.619 e. The molecular weight excluding hydrogens is 244 g/mol. The molecular formula is C10H8N2O2S2. The second-order valence-electron chi connectivity index (χ2n) is 2.95. The van der Waals surface area contributed by atoms with E-state index in [2.05, 4.69) is 0 Å². The van der Waals surface area contributed by atoms with Gasteiger partial charge in [-0.2, -0.15) is 9.46 Å². The Morgan fingerprint density at radius 1 is 0.688 bits per heavy atom. The minimum atomic E-state index is 0.748. The molecule has 2 aromatic rings. The van der Waals surface area contributed by atoms with Gasteiger partial charge in [0.15, 0.2) is 24.8 Å². The summed E-state index contributed by atoms with van der Waals surface area (Å²) < 4.78 is 1.50. The van der Waals surface area contributed by atoms with Gasteiger partial charge in [0.25, 0.3) is 0 Å². The van der Waals surface area contributed by atoms with Crippen LogP contribution in [0.2, 0.25) is 0 Å². The van der Waals surface area contributed by atoms with Gasteiger partial charge in [-0.15, -0.1) is 0 Å². The fraction of sp³-hybridized carbons (Fsp3) is 0. The molecule has 0 aromatic carbocycles. The van der Waals surface area contributed by atoms with Gasteiger partial charge >= 0.3 is 0 Å². The highest BCUT2D eigenvalue weighted by molar-refractivity contribution is 8.76. The predicted octanol–water partition coefficient (Wildman–Crippen LogP) is 1.75.